The molecule has 0 bridgehead atoms. The zero-order valence-electron chi connectivity index (χ0n) is 21.1. The van der Waals surface area contributed by atoms with E-state index in [1.165, 1.54) is 11.1 Å². The highest BCUT2D eigenvalue weighted by Gasteiger charge is 2.24. The van der Waals surface area contributed by atoms with E-state index < -0.39 is 15.6 Å². The van der Waals surface area contributed by atoms with E-state index in [1.807, 2.05) is 39.0 Å². The predicted octanol–water partition coefficient (Wildman–Crippen LogP) is 7.51. The second kappa shape index (κ2) is 10.4. The fraction of sp³-hybridized carbons (Fsp3) is 0.500. The van der Waals surface area contributed by atoms with Crippen molar-refractivity contribution in [1.29, 1.82) is 0 Å². The fourth-order valence-corrected chi connectivity index (χ4v) is 5.30. The van der Waals surface area contributed by atoms with Gasteiger partial charge >= 0.3 is 0 Å². The van der Waals surface area contributed by atoms with Crippen LogP contribution >= 0.6 is 0 Å². The zero-order chi connectivity index (χ0) is 24.2. The average Bonchev–Trinajstić information content (AvgIpc) is 2.69. The number of allylic oxidation sites excluding steroid dienone is 1. The first kappa shape index (κ1) is 26.3. The minimum Gasteiger partial charge on any atom is -0.207 e. The minimum atomic E-state index is -3.59. The molecule has 0 spiro atoms. The van der Waals surface area contributed by atoms with Gasteiger partial charge in [-0.1, -0.05) is 89.2 Å². The third-order valence-corrected chi connectivity index (χ3v) is 7.59. The Morgan fingerprint density at radius 1 is 0.875 bits per heavy atom. The summed E-state index contributed by atoms with van der Waals surface area (Å²) in [4.78, 5) is 0.320. The summed E-state index contributed by atoms with van der Waals surface area (Å²) < 4.78 is 28.5. The average molecular weight is 456 g/mol. The van der Waals surface area contributed by atoms with Crippen LogP contribution in [0.1, 0.15) is 96.8 Å². The van der Waals surface area contributed by atoms with Crippen molar-refractivity contribution in [2.45, 2.75) is 90.5 Å². The summed E-state index contributed by atoms with van der Waals surface area (Å²) in [6.45, 7) is 16.7. The van der Waals surface area contributed by atoms with Crippen LogP contribution in [0.3, 0.4) is 0 Å². The Morgan fingerprint density at radius 2 is 1.44 bits per heavy atom. The highest BCUT2D eigenvalue weighted by molar-refractivity contribution is 7.89. The van der Waals surface area contributed by atoms with Crippen molar-refractivity contribution >= 4 is 16.1 Å². The highest BCUT2D eigenvalue weighted by atomic mass is 32.2. The van der Waals surface area contributed by atoms with Crippen molar-refractivity contribution in [2.75, 3.05) is 0 Å². The first-order chi connectivity index (χ1) is 14.7. The number of rotatable bonds is 9. The van der Waals surface area contributed by atoms with Gasteiger partial charge < -0.3 is 0 Å². The van der Waals surface area contributed by atoms with Gasteiger partial charge in [0.15, 0.2) is 0 Å². The first-order valence-electron chi connectivity index (χ1n) is 11.6. The number of nitrogens with one attached hydrogen (secondary N) is 1. The molecule has 0 saturated carbocycles. The Morgan fingerprint density at radius 3 is 2.00 bits per heavy atom. The molecule has 1 atom stereocenters. The van der Waals surface area contributed by atoms with Gasteiger partial charge in [-0.05, 0) is 73.6 Å². The Labute approximate surface area is 196 Å². The van der Waals surface area contributed by atoms with Crippen LogP contribution < -0.4 is 4.72 Å². The summed E-state index contributed by atoms with van der Waals surface area (Å²) in [6, 6.07) is 16.2. The molecule has 1 N–H and O–H groups in total. The van der Waals surface area contributed by atoms with Crippen molar-refractivity contribution < 1.29 is 8.42 Å². The molecule has 3 nitrogen and oxygen atoms in total. The zero-order valence-corrected chi connectivity index (χ0v) is 21.9. The monoisotopic (exact) mass is 455 g/mol. The van der Waals surface area contributed by atoms with Crippen molar-refractivity contribution in [3.8, 4) is 0 Å². The molecule has 0 fully saturated rings. The van der Waals surface area contributed by atoms with Gasteiger partial charge in [-0.15, -0.1) is 0 Å². The predicted molar refractivity (Wildman–Crippen MR) is 138 cm³/mol. The highest BCUT2D eigenvalue weighted by Crippen LogP contribution is 2.32. The molecule has 2 rings (SSSR count). The van der Waals surface area contributed by atoms with Crippen LogP contribution in [0.5, 0.6) is 0 Å². The van der Waals surface area contributed by atoms with Crippen LogP contribution in [-0.2, 0) is 10.0 Å². The molecule has 32 heavy (non-hydrogen) atoms. The topological polar surface area (TPSA) is 46.2 Å². The third-order valence-electron chi connectivity index (χ3n) is 5.76. The van der Waals surface area contributed by atoms with E-state index in [-0.39, 0.29) is 5.41 Å². The fourth-order valence-electron chi connectivity index (χ4n) is 3.68. The van der Waals surface area contributed by atoms with E-state index in [0.717, 1.165) is 18.4 Å². The van der Waals surface area contributed by atoms with Crippen LogP contribution in [0, 0.1) is 5.41 Å². The number of hydrogen-bond donors (Lipinski definition) is 1. The maximum Gasteiger partial charge on any atom is 0.241 e. The summed E-state index contributed by atoms with van der Waals surface area (Å²) in [6.07, 6.45) is 6.20. The molecule has 2 aromatic rings. The van der Waals surface area contributed by atoms with Gasteiger partial charge in [-0.25, -0.2) is 13.1 Å². The molecule has 1 unspecified atom stereocenters. The summed E-state index contributed by atoms with van der Waals surface area (Å²) >= 11 is 0. The lowest BCUT2D eigenvalue weighted by Crippen LogP contribution is -2.40. The SMILES string of the molecule is CC(C)c1ccc(C(C)CCC(C)(C)/C=C/c2ccccc2S(=O)(=O)NC(C)(C)C)cc1. The van der Waals surface area contributed by atoms with Gasteiger partial charge in [0, 0.05) is 5.54 Å². The molecule has 0 heterocycles. The molecule has 0 aromatic heterocycles. The van der Waals surface area contributed by atoms with Crippen LogP contribution in [0.2, 0.25) is 0 Å². The van der Waals surface area contributed by atoms with E-state index in [0.29, 0.717) is 16.7 Å². The number of sulfonamides is 1. The molecule has 2 aromatic carbocycles. The smallest absolute Gasteiger partial charge is 0.207 e. The van der Waals surface area contributed by atoms with Crippen LogP contribution in [0.25, 0.3) is 6.08 Å². The third kappa shape index (κ3) is 7.90. The van der Waals surface area contributed by atoms with Crippen LogP contribution in [0.15, 0.2) is 59.5 Å². The van der Waals surface area contributed by atoms with Crippen LogP contribution in [-0.4, -0.2) is 14.0 Å². The maximum atomic E-state index is 12.9. The van der Waals surface area contributed by atoms with E-state index >= 15 is 0 Å². The summed E-state index contributed by atoms with van der Waals surface area (Å²) in [5.74, 6) is 1.03. The lowest BCUT2D eigenvalue weighted by molar-refractivity contribution is 0.405. The molecular weight excluding hydrogens is 414 g/mol. The van der Waals surface area contributed by atoms with Crippen molar-refractivity contribution in [1.82, 2.24) is 4.72 Å². The van der Waals surface area contributed by atoms with E-state index in [4.69, 9.17) is 0 Å². The summed E-state index contributed by atoms with van der Waals surface area (Å²) in [5, 5.41) is 0. The van der Waals surface area contributed by atoms with Crippen LogP contribution in [0.4, 0.5) is 0 Å². The summed E-state index contributed by atoms with van der Waals surface area (Å²) in [5.41, 5.74) is 2.89. The Kier molecular flexibility index (Phi) is 8.52. The molecule has 0 radical (unpaired) electrons. The minimum absolute atomic E-state index is 0.0412. The van der Waals surface area contributed by atoms with Crippen molar-refractivity contribution in [2.24, 2.45) is 5.41 Å². The van der Waals surface area contributed by atoms with Crippen molar-refractivity contribution in [3.05, 3.63) is 71.3 Å². The Balaban J connectivity index is 2.11. The maximum absolute atomic E-state index is 12.9. The molecule has 176 valence electrons. The summed E-state index contributed by atoms with van der Waals surface area (Å²) in [7, 11) is -3.59. The largest absolute Gasteiger partial charge is 0.241 e. The molecule has 0 amide bonds. The van der Waals surface area contributed by atoms with Crippen molar-refractivity contribution in [3.63, 3.8) is 0 Å². The van der Waals surface area contributed by atoms with E-state index in [1.54, 1.807) is 12.1 Å². The molecule has 0 saturated heterocycles. The molecule has 0 aliphatic heterocycles. The lowest BCUT2D eigenvalue weighted by Gasteiger charge is -2.24. The molecule has 0 aliphatic rings. The standard InChI is InChI=1S/C28H41NO2S/c1-21(2)23-13-15-24(16-14-23)22(3)17-19-28(7,8)20-18-25-11-9-10-12-26(25)32(30,31)29-27(4,5)6/h9-16,18,20-22,29H,17,19H2,1-8H3/b20-18+. The number of benzene rings is 2. The molecule has 4 heteroatoms. The van der Waals surface area contributed by atoms with Gasteiger partial charge in [-0.3, -0.25) is 0 Å². The Hall–Kier alpha value is -1.91. The quantitative estimate of drug-likeness (QED) is 0.425. The molecule has 0 aliphatic carbocycles. The van der Waals surface area contributed by atoms with Gasteiger partial charge in [0.1, 0.15) is 0 Å². The second-order valence-electron chi connectivity index (χ2n) is 11.0. The number of hydrogen-bond acceptors (Lipinski definition) is 2. The van der Waals surface area contributed by atoms with Gasteiger partial charge in [-0.2, -0.15) is 0 Å². The van der Waals surface area contributed by atoms with E-state index in [2.05, 4.69) is 69.7 Å². The van der Waals surface area contributed by atoms with Gasteiger partial charge in [0.05, 0.1) is 4.90 Å². The van der Waals surface area contributed by atoms with Gasteiger partial charge in [0.2, 0.25) is 10.0 Å². The van der Waals surface area contributed by atoms with E-state index in [9.17, 15) is 8.42 Å². The van der Waals surface area contributed by atoms with Gasteiger partial charge in [0.25, 0.3) is 0 Å². The second-order valence-corrected chi connectivity index (χ2v) is 12.6. The first-order valence-corrected chi connectivity index (χ1v) is 13.1. The molecular formula is C28H41NO2S. The lowest BCUT2D eigenvalue weighted by atomic mass is 9.82. The Bertz CT molecular complexity index is 1010. The normalized spacial score (nSPS) is 14.3.